The molecular weight excluding hydrogens is 798 g/mol. The molecule has 370 valence electrons. The minimum absolute atomic E-state index is 0.0583. The molecule has 0 fully saturated rings. The van der Waals surface area contributed by atoms with Gasteiger partial charge in [0.2, 0.25) is 0 Å². The van der Waals surface area contributed by atoms with Gasteiger partial charge in [-0.25, -0.2) is 4.57 Å². The van der Waals surface area contributed by atoms with Crippen molar-refractivity contribution in [3.63, 3.8) is 0 Å². The third-order valence-electron chi connectivity index (χ3n) is 12.2. The summed E-state index contributed by atoms with van der Waals surface area (Å²) in [4.78, 5) is 35.0. The molecule has 9 nitrogen and oxygen atoms in total. The summed E-state index contributed by atoms with van der Waals surface area (Å²) in [6.45, 7) is 3.79. The number of ether oxygens (including phenoxy) is 2. The quantitative estimate of drug-likeness (QED) is 0.0347. The summed E-state index contributed by atoms with van der Waals surface area (Å²) < 4.78 is 32.9. The van der Waals surface area contributed by atoms with E-state index in [9.17, 15) is 19.0 Å². The average molecular weight is 902 g/mol. The topological polar surface area (TPSA) is 134 Å². The van der Waals surface area contributed by atoms with Crippen LogP contribution in [0.4, 0.5) is 0 Å². The summed E-state index contributed by atoms with van der Waals surface area (Å²) in [5.41, 5.74) is 5.36. The standard InChI is InChI=1S/C52H104NO8P/c1-3-5-7-9-11-13-15-17-18-19-20-21-22-23-24-25-26-27-28-29-30-31-32-33-35-37-39-41-43-45-52(55)61-50(49-60-62(56,57)59-47-46-53)48-58-51(54)44-42-40-38-36-34-16-14-12-10-8-6-4-2/h50H,3-49,53H2,1-2H3,(H,56,57). The van der Waals surface area contributed by atoms with Crippen LogP contribution in [0.3, 0.4) is 0 Å². The Labute approximate surface area is 384 Å². The molecule has 10 heteroatoms. The normalized spacial score (nSPS) is 13.0. The maximum atomic E-state index is 12.6. The van der Waals surface area contributed by atoms with Crippen molar-refractivity contribution in [1.29, 1.82) is 0 Å². The van der Waals surface area contributed by atoms with E-state index in [1.807, 2.05) is 0 Å². The number of esters is 2. The van der Waals surface area contributed by atoms with Crippen LogP contribution in [0.15, 0.2) is 0 Å². The van der Waals surface area contributed by atoms with E-state index in [4.69, 9.17) is 24.3 Å². The zero-order chi connectivity index (χ0) is 45.3. The van der Waals surface area contributed by atoms with Crippen LogP contribution in [-0.4, -0.2) is 49.3 Å². The molecule has 3 N–H and O–H groups in total. The SMILES string of the molecule is CCCCCCCCCCCCCCCCCCCCCCCCCCCCCCCC(=O)OC(COC(=O)CCCCCCCCCCCCCC)COP(=O)(O)OCCN. The molecule has 0 aliphatic carbocycles. The van der Waals surface area contributed by atoms with Crippen LogP contribution in [0, 0.1) is 0 Å². The number of carbonyl (C=O) groups excluding carboxylic acids is 2. The van der Waals surface area contributed by atoms with Gasteiger partial charge in [-0.3, -0.25) is 18.6 Å². The first-order valence-electron chi connectivity index (χ1n) is 27.0. The molecule has 0 aliphatic heterocycles. The Bertz CT molecular complexity index is 984. The highest BCUT2D eigenvalue weighted by atomic mass is 31.2. The molecule has 0 bridgehead atoms. The molecule has 0 aromatic carbocycles. The fraction of sp³-hybridized carbons (Fsp3) is 0.962. The van der Waals surface area contributed by atoms with Crippen molar-refractivity contribution in [3.05, 3.63) is 0 Å². The van der Waals surface area contributed by atoms with Crippen LogP contribution in [0.1, 0.15) is 290 Å². The molecule has 0 aliphatic rings. The molecule has 0 aromatic rings. The second kappa shape index (κ2) is 49.4. The predicted molar refractivity (Wildman–Crippen MR) is 262 cm³/mol. The Kier molecular flexibility index (Phi) is 48.7. The summed E-state index contributed by atoms with van der Waals surface area (Å²) in [7, 11) is -4.37. The second-order valence-corrected chi connectivity index (χ2v) is 19.9. The Balaban J connectivity index is 3.84. The van der Waals surface area contributed by atoms with Gasteiger partial charge >= 0.3 is 19.8 Å². The molecule has 0 rings (SSSR count). The van der Waals surface area contributed by atoms with Gasteiger partial charge in [0, 0.05) is 19.4 Å². The van der Waals surface area contributed by atoms with Crippen molar-refractivity contribution in [2.45, 2.75) is 296 Å². The van der Waals surface area contributed by atoms with Gasteiger partial charge in [0.05, 0.1) is 13.2 Å². The lowest BCUT2D eigenvalue weighted by Crippen LogP contribution is -2.29. The molecule has 0 radical (unpaired) electrons. The molecule has 0 heterocycles. The molecule has 62 heavy (non-hydrogen) atoms. The van der Waals surface area contributed by atoms with Crippen molar-refractivity contribution in [2.24, 2.45) is 5.73 Å². The summed E-state index contributed by atoms with van der Waals surface area (Å²) in [5, 5.41) is 0. The van der Waals surface area contributed by atoms with Crippen LogP contribution in [-0.2, 0) is 32.7 Å². The smallest absolute Gasteiger partial charge is 0.462 e. The van der Waals surface area contributed by atoms with Gasteiger partial charge in [-0.15, -0.1) is 0 Å². The first-order chi connectivity index (χ1) is 30.3. The lowest BCUT2D eigenvalue weighted by atomic mass is 10.0. The van der Waals surface area contributed by atoms with Crippen molar-refractivity contribution in [1.82, 2.24) is 0 Å². The maximum absolute atomic E-state index is 12.6. The second-order valence-electron chi connectivity index (χ2n) is 18.5. The predicted octanol–water partition coefficient (Wildman–Crippen LogP) is 16.3. The van der Waals surface area contributed by atoms with Gasteiger partial charge in [-0.2, -0.15) is 0 Å². The third-order valence-corrected chi connectivity index (χ3v) is 13.2. The monoisotopic (exact) mass is 902 g/mol. The Morgan fingerprint density at radius 1 is 0.419 bits per heavy atom. The van der Waals surface area contributed by atoms with Crippen LogP contribution in [0.2, 0.25) is 0 Å². The lowest BCUT2D eigenvalue weighted by molar-refractivity contribution is -0.161. The van der Waals surface area contributed by atoms with Gasteiger partial charge in [-0.05, 0) is 12.8 Å². The molecule has 2 atom stereocenters. The highest BCUT2D eigenvalue weighted by Gasteiger charge is 2.26. The first-order valence-corrected chi connectivity index (χ1v) is 28.5. The Morgan fingerprint density at radius 3 is 0.984 bits per heavy atom. The fourth-order valence-corrected chi connectivity index (χ4v) is 8.99. The minimum atomic E-state index is -4.37. The number of phosphoric ester groups is 1. The summed E-state index contributed by atoms with van der Waals surface area (Å²) in [6, 6.07) is 0. The Morgan fingerprint density at radius 2 is 0.694 bits per heavy atom. The van der Waals surface area contributed by atoms with E-state index in [1.54, 1.807) is 0 Å². The van der Waals surface area contributed by atoms with E-state index in [1.165, 1.54) is 225 Å². The number of carbonyl (C=O) groups is 2. The van der Waals surface area contributed by atoms with Gasteiger partial charge in [-0.1, -0.05) is 264 Å². The summed E-state index contributed by atoms with van der Waals surface area (Å²) in [6.07, 6.45) is 53.1. The van der Waals surface area contributed by atoms with E-state index in [2.05, 4.69) is 13.8 Å². The summed E-state index contributed by atoms with van der Waals surface area (Å²) >= 11 is 0. The largest absolute Gasteiger partial charge is 0.472 e. The van der Waals surface area contributed by atoms with E-state index >= 15 is 0 Å². The van der Waals surface area contributed by atoms with E-state index in [-0.39, 0.29) is 38.6 Å². The van der Waals surface area contributed by atoms with Gasteiger partial charge in [0.25, 0.3) is 0 Å². The minimum Gasteiger partial charge on any atom is -0.462 e. The number of rotatable bonds is 52. The Hall–Kier alpha value is -0.990. The molecule has 2 unspecified atom stereocenters. The van der Waals surface area contributed by atoms with Crippen LogP contribution in [0.5, 0.6) is 0 Å². The van der Waals surface area contributed by atoms with Crippen molar-refractivity contribution in [3.8, 4) is 0 Å². The fourth-order valence-electron chi connectivity index (χ4n) is 8.23. The zero-order valence-electron chi connectivity index (χ0n) is 41.1. The number of hydrogen-bond donors (Lipinski definition) is 2. The van der Waals surface area contributed by atoms with E-state index in [0.29, 0.717) is 6.42 Å². The van der Waals surface area contributed by atoms with Gasteiger partial charge in [0.1, 0.15) is 6.61 Å². The van der Waals surface area contributed by atoms with Crippen molar-refractivity contribution < 1.29 is 37.6 Å². The molecule has 0 amide bonds. The molecule has 0 aromatic heterocycles. The van der Waals surface area contributed by atoms with Gasteiger partial charge < -0.3 is 20.1 Å². The number of hydrogen-bond acceptors (Lipinski definition) is 8. The number of unbranched alkanes of at least 4 members (excludes halogenated alkanes) is 39. The molecule has 0 saturated carbocycles. The number of nitrogens with two attached hydrogens (primary N) is 1. The van der Waals surface area contributed by atoms with Crippen LogP contribution >= 0.6 is 7.82 Å². The molecular formula is C52H104NO8P. The van der Waals surface area contributed by atoms with E-state index in [0.717, 1.165) is 32.1 Å². The van der Waals surface area contributed by atoms with E-state index < -0.39 is 26.5 Å². The lowest BCUT2D eigenvalue weighted by Gasteiger charge is -2.19. The van der Waals surface area contributed by atoms with Crippen LogP contribution in [0.25, 0.3) is 0 Å². The number of phosphoric acid groups is 1. The first kappa shape index (κ1) is 61.0. The third kappa shape index (κ3) is 48.5. The average Bonchev–Trinajstić information content (AvgIpc) is 3.26. The van der Waals surface area contributed by atoms with Crippen LogP contribution < -0.4 is 5.73 Å². The summed E-state index contributed by atoms with van der Waals surface area (Å²) in [5.74, 6) is -0.808. The zero-order valence-corrected chi connectivity index (χ0v) is 42.0. The molecule has 0 saturated heterocycles. The highest BCUT2D eigenvalue weighted by molar-refractivity contribution is 7.47. The van der Waals surface area contributed by atoms with Gasteiger partial charge in [0.15, 0.2) is 6.10 Å². The maximum Gasteiger partial charge on any atom is 0.472 e. The van der Waals surface area contributed by atoms with Crippen molar-refractivity contribution >= 4 is 19.8 Å². The highest BCUT2D eigenvalue weighted by Crippen LogP contribution is 2.43. The molecule has 0 spiro atoms. The van der Waals surface area contributed by atoms with Crippen molar-refractivity contribution in [2.75, 3.05) is 26.4 Å².